The summed E-state index contributed by atoms with van der Waals surface area (Å²) in [4.78, 5) is 12.4. The summed E-state index contributed by atoms with van der Waals surface area (Å²) >= 11 is 1.30. The van der Waals surface area contributed by atoms with Crippen molar-refractivity contribution >= 4 is 23.4 Å². The summed E-state index contributed by atoms with van der Waals surface area (Å²) in [5, 5.41) is 24.2. The van der Waals surface area contributed by atoms with Gasteiger partial charge in [0.1, 0.15) is 5.69 Å². The zero-order valence-electron chi connectivity index (χ0n) is 18.3. The minimum absolute atomic E-state index is 0.112. The van der Waals surface area contributed by atoms with E-state index in [1.165, 1.54) is 23.4 Å². The lowest BCUT2D eigenvalue weighted by Crippen LogP contribution is -2.34. The molecule has 7 nitrogen and oxygen atoms in total. The van der Waals surface area contributed by atoms with E-state index in [1.54, 1.807) is 25.1 Å². The number of carbonyl (C=O) groups is 1. The van der Waals surface area contributed by atoms with Crippen molar-refractivity contribution in [2.75, 3.05) is 5.75 Å². The number of aromatic amines is 1. The molecule has 0 unspecified atom stereocenters. The lowest BCUT2D eigenvalue weighted by atomic mass is 10.1. The van der Waals surface area contributed by atoms with Gasteiger partial charge >= 0.3 is 5.16 Å². The van der Waals surface area contributed by atoms with Crippen molar-refractivity contribution in [3.8, 4) is 22.8 Å². The Hall–Kier alpha value is -3.91. The van der Waals surface area contributed by atoms with Gasteiger partial charge in [-0.3, -0.25) is 4.79 Å². The van der Waals surface area contributed by atoms with E-state index < -0.39 is 0 Å². The molecule has 1 heterocycles. The zero-order valence-corrected chi connectivity index (χ0v) is 19.1. The highest BCUT2D eigenvalue weighted by atomic mass is 32.2. The van der Waals surface area contributed by atoms with Crippen molar-refractivity contribution in [2.24, 2.45) is 5.10 Å². The Kier molecular flexibility index (Phi) is 6.85. The highest BCUT2D eigenvalue weighted by Gasteiger charge is 2.24. The number of hydrogen-bond acceptors (Lipinski definition) is 5. The summed E-state index contributed by atoms with van der Waals surface area (Å²) in [5.74, 6) is 0.513. The maximum atomic E-state index is 12.4. The number of hydrogen-bond donors (Lipinski definition) is 2. The van der Waals surface area contributed by atoms with E-state index >= 15 is 0 Å². The Bertz CT molecular complexity index is 1280. The lowest BCUT2D eigenvalue weighted by Gasteiger charge is -2.12. The molecule has 0 aliphatic rings. The number of amides is 1. The van der Waals surface area contributed by atoms with Crippen LogP contribution in [0.1, 0.15) is 18.1 Å². The number of aryl methyl sites for hydroxylation is 1. The average molecular weight is 458 g/mol. The molecule has 0 radical (unpaired) electrons. The van der Waals surface area contributed by atoms with Gasteiger partial charge in [0.2, 0.25) is 0 Å². The summed E-state index contributed by atoms with van der Waals surface area (Å²) in [6, 6.07) is 24.6. The number of rotatable bonds is 7. The number of thioether (sulfide) groups is 1. The Labute approximate surface area is 196 Å². The highest BCUT2D eigenvalue weighted by Crippen LogP contribution is 2.21. The standard InChI is InChI=1S/C25H23N5O2S/c1-17-12-14-19(15-13-17)24-28-29-25(30(24)20-8-4-3-5-9-20)33-16-23(32)27-26-18(2)21-10-6-7-11-22(21)31/h3-15H,16H2,1-2H3,(H2,26,27,31,32). The molecule has 33 heavy (non-hydrogen) atoms. The van der Waals surface area contributed by atoms with Crippen LogP contribution in [-0.4, -0.2) is 27.6 Å². The Morgan fingerprint density at radius 1 is 1.06 bits per heavy atom. The highest BCUT2D eigenvalue weighted by molar-refractivity contribution is 7.99. The van der Waals surface area contributed by atoms with Gasteiger partial charge in [-0.25, -0.2) is 5.43 Å². The first-order chi connectivity index (χ1) is 16.0. The molecule has 0 saturated heterocycles. The molecule has 0 spiro atoms. The quantitative estimate of drug-likeness (QED) is 0.192. The van der Waals surface area contributed by atoms with Crippen LogP contribution in [0.25, 0.3) is 17.1 Å². The Balaban J connectivity index is 1.52. The van der Waals surface area contributed by atoms with Crippen molar-refractivity contribution in [2.45, 2.75) is 19.0 Å². The van der Waals surface area contributed by atoms with E-state index in [2.05, 4.69) is 20.7 Å². The monoisotopic (exact) mass is 457 g/mol. The van der Waals surface area contributed by atoms with Gasteiger partial charge in [-0.05, 0) is 55.4 Å². The second-order valence-corrected chi connectivity index (χ2v) is 8.35. The second-order valence-electron chi connectivity index (χ2n) is 7.41. The van der Waals surface area contributed by atoms with Crippen LogP contribution in [0.2, 0.25) is 0 Å². The van der Waals surface area contributed by atoms with E-state index in [0.29, 0.717) is 16.4 Å². The number of nitrogens with zero attached hydrogens (tertiary/aromatic N) is 3. The maximum absolute atomic E-state index is 12.4. The van der Waals surface area contributed by atoms with Gasteiger partial charge in [-0.1, -0.05) is 65.9 Å². The van der Waals surface area contributed by atoms with Crippen molar-refractivity contribution < 1.29 is 14.5 Å². The molecule has 166 valence electrons. The number of benzene rings is 3. The third-order valence-corrected chi connectivity index (χ3v) is 5.91. The third-order valence-electron chi connectivity index (χ3n) is 4.97. The van der Waals surface area contributed by atoms with Gasteiger partial charge in [0.15, 0.2) is 0 Å². The molecule has 0 atom stereocenters. The number of para-hydroxylation sites is 2. The van der Waals surface area contributed by atoms with Gasteiger partial charge in [0.05, 0.1) is 22.1 Å². The minimum atomic E-state index is -0.290. The average Bonchev–Trinajstić information content (AvgIpc) is 3.26. The number of aromatic nitrogens is 3. The molecule has 1 amide bonds. The molecule has 0 aliphatic carbocycles. The van der Waals surface area contributed by atoms with E-state index in [9.17, 15) is 9.90 Å². The fourth-order valence-corrected chi connectivity index (χ4v) is 4.01. The van der Waals surface area contributed by atoms with Crippen molar-refractivity contribution in [3.63, 3.8) is 0 Å². The fourth-order valence-electron chi connectivity index (χ4n) is 3.25. The second kappa shape index (κ2) is 10.1. The van der Waals surface area contributed by atoms with Gasteiger partial charge in [0, 0.05) is 0 Å². The first-order valence-corrected chi connectivity index (χ1v) is 11.4. The first-order valence-electron chi connectivity index (χ1n) is 10.4. The molecule has 1 aromatic heterocycles. The van der Waals surface area contributed by atoms with E-state index in [4.69, 9.17) is 0 Å². The van der Waals surface area contributed by atoms with Crippen LogP contribution >= 0.6 is 11.8 Å². The van der Waals surface area contributed by atoms with Crippen LogP contribution in [-0.2, 0) is 4.79 Å². The van der Waals surface area contributed by atoms with E-state index in [0.717, 1.165) is 17.1 Å². The van der Waals surface area contributed by atoms with Gasteiger partial charge < -0.3 is 5.11 Å². The predicted molar refractivity (Wildman–Crippen MR) is 127 cm³/mol. The molecule has 4 rings (SSSR count). The van der Waals surface area contributed by atoms with Crippen molar-refractivity contribution in [1.29, 1.82) is 0 Å². The zero-order chi connectivity index (χ0) is 23.2. The van der Waals surface area contributed by atoms with Crippen LogP contribution in [0.15, 0.2) is 89.1 Å². The topological polar surface area (TPSA) is 97.1 Å². The molecule has 0 aliphatic heterocycles. The molecular formula is C25H23N5O2S. The van der Waals surface area contributed by atoms with Crippen LogP contribution in [0.4, 0.5) is 0 Å². The number of nitrogens with one attached hydrogen (secondary N) is 2. The van der Waals surface area contributed by atoms with Gasteiger partial charge in [-0.15, -0.1) is 5.10 Å². The lowest BCUT2D eigenvalue weighted by molar-refractivity contribution is -0.625. The van der Waals surface area contributed by atoms with Crippen LogP contribution < -0.4 is 15.1 Å². The van der Waals surface area contributed by atoms with Crippen LogP contribution in [0, 0.1) is 6.92 Å². The Morgan fingerprint density at radius 3 is 2.48 bits per heavy atom. The minimum Gasteiger partial charge on any atom is -0.872 e. The molecule has 0 saturated carbocycles. The van der Waals surface area contributed by atoms with Crippen LogP contribution in [0.3, 0.4) is 0 Å². The summed E-state index contributed by atoms with van der Waals surface area (Å²) < 4.78 is 1.99. The van der Waals surface area contributed by atoms with Gasteiger partial charge in [0.25, 0.3) is 11.7 Å². The van der Waals surface area contributed by atoms with E-state index in [1.807, 2.05) is 66.1 Å². The molecule has 2 N–H and O–H groups in total. The van der Waals surface area contributed by atoms with Crippen LogP contribution in [0.5, 0.6) is 5.75 Å². The fraction of sp³-hybridized carbons (Fsp3) is 0.120. The van der Waals surface area contributed by atoms with Crippen molar-refractivity contribution in [3.05, 3.63) is 90.0 Å². The number of carbonyl (C=O) groups excluding carboxylic acids is 1. The molecule has 0 fully saturated rings. The molecule has 3 aromatic carbocycles. The Morgan fingerprint density at radius 2 is 1.76 bits per heavy atom. The van der Waals surface area contributed by atoms with Gasteiger partial charge in [-0.2, -0.15) is 9.67 Å². The summed E-state index contributed by atoms with van der Waals surface area (Å²) in [6.45, 7) is 3.73. The van der Waals surface area contributed by atoms with E-state index in [-0.39, 0.29) is 17.4 Å². The number of H-pyrrole nitrogens is 1. The largest absolute Gasteiger partial charge is 0.872 e. The molecule has 8 heteroatoms. The summed E-state index contributed by atoms with van der Waals surface area (Å²) in [5.41, 5.74) is 6.54. The van der Waals surface area contributed by atoms with Crippen molar-refractivity contribution in [1.82, 2.24) is 15.6 Å². The summed E-state index contributed by atoms with van der Waals surface area (Å²) in [6.07, 6.45) is 0. The number of hydrazone groups is 1. The molecular weight excluding hydrogens is 434 g/mol. The smallest absolute Gasteiger partial charge is 0.342 e. The predicted octanol–water partition coefficient (Wildman–Crippen LogP) is 3.37. The first kappa shape index (κ1) is 22.3. The maximum Gasteiger partial charge on any atom is 0.342 e. The third kappa shape index (κ3) is 5.30. The molecule has 4 aromatic rings. The normalized spacial score (nSPS) is 11.4. The summed E-state index contributed by atoms with van der Waals surface area (Å²) in [7, 11) is 0. The molecule has 0 bridgehead atoms. The SMILES string of the molecule is CC(=NNC(=O)CSc1n[nH]c(-c2ccc(C)cc2)[n+]1-c1ccccc1)c1ccccc1[O-].